The fraction of sp³-hybridized carbons (Fsp3) is 0.167. The summed E-state index contributed by atoms with van der Waals surface area (Å²) in [5, 5.41) is 0. The third-order valence-electron chi connectivity index (χ3n) is 2.74. The molecule has 2 aromatic rings. The molecule has 3 nitrogen and oxygen atoms in total. The second kappa shape index (κ2) is 4.01. The van der Waals surface area contributed by atoms with Crippen molar-refractivity contribution in [2.45, 2.75) is 6.42 Å². The average Bonchev–Trinajstić information content (AvgIpc) is 2.74. The van der Waals surface area contributed by atoms with Crippen molar-refractivity contribution in [3.63, 3.8) is 0 Å². The molecule has 0 fully saturated rings. The van der Waals surface area contributed by atoms with Gasteiger partial charge in [-0.1, -0.05) is 18.2 Å². The summed E-state index contributed by atoms with van der Waals surface area (Å²) in [7, 11) is 0. The maximum absolute atomic E-state index is 4.37. The van der Waals surface area contributed by atoms with Crippen LogP contribution in [-0.4, -0.2) is 16.5 Å². The molecule has 0 spiro atoms. The van der Waals surface area contributed by atoms with E-state index >= 15 is 0 Å². The largest absolute Gasteiger partial charge is 0.310 e. The molecule has 0 radical (unpaired) electrons. The minimum atomic E-state index is 0.797. The van der Waals surface area contributed by atoms with E-state index in [0.29, 0.717) is 0 Å². The predicted octanol–water partition coefficient (Wildman–Crippen LogP) is 2.78. The zero-order valence-electron chi connectivity index (χ0n) is 8.60. The van der Waals surface area contributed by atoms with Crippen LogP contribution in [0.2, 0.25) is 0 Å². The van der Waals surface area contributed by atoms with Crippen molar-refractivity contribution >= 4 is 34.2 Å². The van der Waals surface area contributed by atoms with Crippen molar-refractivity contribution in [1.82, 2.24) is 9.97 Å². The second-order valence-electron chi connectivity index (χ2n) is 3.73. The van der Waals surface area contributed by atoms with E-state index in [9.17, 15) is 0 Å². The molecule has 3 rings (SSSR count). The lowest BCUT2D eigenvalue weighted by molar-refractivity contribution is 0.937. The van der Waals surface area contributed by atoms with E-state index in [-0.39, 0.29) is 0 Å². The van der Waals surface area contributed by atoms with E-state index < -0.39 is 0 Å². The molecule has 1 aliphatic rings. The number of hydrogen-bond donors (Lipinski definition) is 0. The molecule has 0 saturated heterocycles. The maximum Gasteiger partial charge on any atom is 0.229 e. The Morgan fingerprint density at radius 3 is 2.69 bits per heavy atom. The summed E-state index contributed by atoms with van der Waals surface area (Å²) >= 11 is 2.22. The number of hydrogen-bond acceptors (Lipinski definition) is 3. The summed E-state index contributed by atoms with van der Waals surface area (Å²) in [6.45, 7) is 0.972. The Hall–Kier alpha value is -1.17. The lowest BCUT2D eigenvalue weighted by Gasteiger charge is -2.16. The Labute approximate surface area is 108 Å². The van der Waals surface area contributed by atoms with Crippen LogP contribution in [-0.2, 0) is 6.42 Å². The summed E-state index contributed by atoms with van der Waals surface area (Å²) in [6.07, 6.45) is 4.78. The van der Waals surface area contributed by atoms with Gasteiger partial charge in [-0.2, -0.15) is 0 Å². The molecule has 0 atom stereocenters. The van der Waals surface area contributed by atoms with Crippen LogP contribution in [0.3, 0.4) is 0 Å². The first-order chi connectivity index (χ1) is 7.84. The minimum absolute atomic E-state index is 0.797. The van der Waals surface area contributed by atoms with Crippen LogP contribution in [0.25, 0.3) is 0 Å². The van der Waals surface area contributed by atoms with Crippen molar-refractivity contribution < 1.29 is 0 Å². The van der Waals surface area contributed by atoms with Gasteiger partial charge in [0, 0.05) is 28.2 Å². The molecule has 0 bridgehead atoms. The maximum atomic E-state index is 4.37. The molecule has 1 aromatic heterocycles. The molecule has 0 aliphatic carbocycles. The molecule has 0 N–H and O–H groups in total. The van der Waals surface area contributed by atoms with E-state index in [2.05, 4.69) is 61.7 Å². The molecule has 80 valence electrons. The van der Waals surface area contributed by atoms with Gasteiger partial charge in [-0.3, -0.25) is 0 Å². The van der Waals surface area contributed by atoms with E-state index in [1.54, 1.807) is 0 Å². The van der Waals surface area contributed by atoms with Gasteiger partial charge in [-0.05, 0) is 40.6 Å². The van der Waals surface area contributed by atoms with Gasteiger partial charge >= 0.3 is 0 Å². The molecule has 16 heavy (non-hydrogen) atoms. The first kappa shape index (κ1) is 10.0. The van der Waals surface area contributed by atoms with Crippen molar-refractivity contribution in [3.05, 3.63) is 45.8 Å². The molecule has 0 saturated carbocycles. The molecule has 1 aromatic carbocycles. The van der Waals surface area contributed by atoms with Crippen LogP contribution >= 0.6 is 22.6 Å². The highest BCUT2D eigenvalue weighted by atomic mass is 127. The Balaban J connectivity index is 2.01. The number of nitrogens with zero attached hydrogens (tertiary/aromatic N) is 3. The molecule has 0 amide bonds. The molecule has 1 aliphatic heterocycles. The first-order valence-electron chi connectivity index (χ1n) is 5.17. The number of fused-ring (bicyclic) bond motifs is 1. The Kier molecular flexibility index (Phi) is 2.51. The number of para-hydroxylation sites is 1. The van der Waals surface area contributed by atoms with Crippen molar-refractivity contribution in [2.75, 3.05) is 11.4 Å². The SMILES string of the molecule is Ic1cnc(N2CCc3ccccc32)nc1. The fourth-order valence-corrected chi connectivity index (χ4v) is 2.27. The van der Waals surface area contributed by atoms with Crippen LogP contribution in [0, 0.1) is 3.57 Å². The normalized spacial score (nSPS) is 13.9. The van der Waals surface area contributed by atoms with Crippen LogP contribution in [0.1, 0.15) is 5.56 Å². The summed E-state index contributed by atoms with van der Waals surface area (Å²) < 4.78 is 1.06. The predicted molar refractivity (Wildman–Crippen MR) is 71.9 cm³/mol. The van der Waals surface area contributed by atoms with Crippen LogP contribution in [0.15, 0.2) is 36.7 Å². The van der Waals surface area contributed by atoms with Gasteiger partial charge in [0.2, 0.25) is 5.95 Å². The minimum Gasteiger partial charge on any atom is -0.310 e. The highest BCUT2D eigenvalue weighted by Gasteiger charge is 2.21. The first-order valence-corrected chi connectivity index (χ1v) is 6.25. The molecular formula is C12H10IN3. The number of benzene rings is 1. The lowest BCUT2D eigenvalue weighted by Crippen LogP contribution is -2.16. The van der Waals surface area contributed by atoms with Gasteiger partial charge in [0.05, 0.1) is 0 Å². The average molecular weight is 323 g/mol. The molecule has 0 unspecified atom stereocenters. The van der Waals surface area contributed by atoms with Gasteiger partial charge in [0.15, 0.2) is 0 Å². The Bertz CT molecular complexity index is 510. The quantitative estimate of drug-likeness (QED) is 0.756. The van der Waals surface area contributed by atoms with Gasteiger partial charge in [0.1, 0.15) is 0 Å². The van der Waals surface area contributed by atoms with E-state index in [1.165, 1.54) is 11.3 Å². The van der Waals surface area contributed by atoms with E-state index in [4.69, 9.17) is 0 Å². The second-order valence-corrected chi connectivity index (χ2v) is 4.98. The summed E-state index contributed by atoms with van der Waals surface area (Å²) in [5.74, 6) is 0.797. The Morgan fingerprint density at radius 1 is 1.12 bits per heavy atom. The van der Waals surface area contributed by atoms with Crippen LogP contribution in [0.4, 0.5) is 11.6 Å². The highest BCUT2D eigenvalue weighted by Crippen LogP contribution is 2.31. The number of rotatable bonds is 1. The highest BCUT2D eigenvalue weighted by molar-refractivity contribution is 14.1. The third kappa shape index (κ3) is 1.67. The number of aromatic nitrogens is 2. The van der Waals surface area contributed by atoms with Crippen LogP contribution in [0.5, 0.6) is 0 Å². The lowest BCUT2D eigenvalue weighted by atomic mass is 10.2. The van der Waals surface area contributed by atoms with Crippen molar-refractivity contribution in [2.24, 2.45) is 0 Å². The van der Waals surface area contributed by atoms with Crippen LogP contribution < -0.4 is 4.90 Å². The van der Waals surface area contributed by atoms with Gasteiger partial charge in [-0.25, -0.2) is 9.97 Å². The number of halogens is 1. The summed E-state index contributed by atoms with van der Waals surface area (Å²) in [6, 6.07) is 8.44. The van der Waals surface area contributed by atoms with Gasteiger partial charge in [-0.15, -0.1) is 0 Å². The van der Waals surface area contributed by atoms with Gasteiger partial charge < -0.3 is 4.90 Å². The smallest absolute Gasteiger partial charge is 0.229 e. The van der Waals surface area contributed by atoms with Crippen molar-refractivity contribution in [3.8, 4) is 0 Å². The zero-order chi connectivity index (χ0) is 11.0. The standard InChI is InChI=1S/C12H10IN3/c13-10-7-14-12(15-8-10)16-6-5-9-3-1-2-4-11(9)16/h1-4,7-8H,5-6H2. The molecule has 4 heteroatoms. The monoisotopic (exact) mass is 323 g/mol. The number of anilines is 2. The summed E-state index contributed by atoms with van der Waals surface area (Å²) in [5.41, 5.74) is 2.62. The molecule has 2 heterocycles. The van der Waals surface area contributed by atoms with E-state index in [0.717, 1.165) is 22.5 Å². The Morgan fingerprint density at radius 2 is 1.88 bits per heavy atom. The summed E-state index contributed by atoms with van der Waals surface area (Å²) in [4.78, 5) is 10.9. The van der Waals surface area contributed by atoms with E-state index in [1.807, 2.05) is 12.4 Å². The third-order valence-corrected chi connectivity index (χ3v) is 3.29. The zero-order valence-corrected chi connectivity index (χ0v) is 10.8. The topological polar surface area (TPSA) is 29.0 Å². The van der Waals surface area contributed by atoms with Crippen molar-refractivity contribution in [1.29, 1.82) is 0 Å². The van der Waals surface area contributed by atoms with Gasteiger partial charge in [0.25, 0.3) is 0 Å². The fourth-order valence-electron chi connectivity index (χ4n) is 1.99. The molecular weight excluding hydrogens is 313 g/mol.